The SMILES string of the molecule is COc1ccc(I)cc1CC1(O)CCN(C(=O)OC(C)(C)C)CC1. The molecule has 1 heterocycles. The Hall–Kier alpha value is -1.02. The summed E-state index contributed by atoms with van der Waals surface area (Å²) in [7, 11) is 1.64. The number of ether oxygens (including phenoxy) is 2. The molecule has 0 bridgehead atoms. The Balaban J connectivity index is 2.00. The zero-order valence-electron chi connectivity index (χ0n) is 14.8. The number of methoxy groups -OCH3 is 1. The Kier molecular flexibility index (Phi) is 6.01. The van der Waals surface area contributed by atoms with E-state index in [1.807, 2.05) is 39.0 Å². The molecule has 1 aromatic rings. The molecule has 0 spiro atoms. The highest BCUT2D eigenvalue weighted by atomic mass is 127. The van der Waals surface area contributed by atoms with Crippen molar-refractivity contribution in [1.29, 1.82) is 0 Å². The standard InChI is InChI=1S/C18H26INO4/c1-17(2,3)24-16(21)20-9-7-18(22,8-10-20)12-13-11-14(19)5-6-15(13)23-4/h5-6,11,22H,7-10,12H2,1-4H3. The van der Waals surface area contributed by atoms with Crippen molar-refractivity contribution in [2.75, 3.05) is 20.2 Å². The van der Waals surface area contributed by atoms with Gasteiger partial charge in [0, 0.05) is 23.1 Å². The third-order valence-electron chi connectivity index (χ3n) is 4.11. The van der Waals surface area contributed by atoms with Gasteiger partial charge in [0.1, 0.15) is 11.4 Å². The Morgan fingerprint density at radius 1 is 1.33 bits per heavy atom. The minimum absolute atomic E-state index is 0.309. The smallest absolute Gasteiger partial charge is 0.410 e. The summed E-state index contributed by atoms with van der Waals surface area (Å²) in [5, 5.41) is 10.9. The lowest BCUT2D eigenvalue weighted by Crippen LogP contribution is -2.49. The molecule has 1 aliphatic heterocycles. The number of amides is 1. The van der Waals surface area contributed by atoms with E-state index in [0.29, 0.717) is 32.4 Å². The van der Waals surface area contributed by atoms with Gasteiger partial charge < -0.3 is 19.5 Å². The number of piperidine rings is 1. The minimum atomic E-state index is -0.823. The molecule has 0 saturated carbocycles. The van der Waals surface area contributed by atoms with Crippen LogP contribution in [0.25, 0.3) is 0 Å². The van der Waals surface area contributed by atoms with Crippen LogP contribution in [-0.2, 0) is 11.2 Å². The lowest BCUT2D eigenvalue weighted by molar-refractivity contribution is -0.0317. The monoisotopic (exact) mass is 447 g/mol. The Morgan fingerprint density at radius 3 is 2.50 bits per heavy atom. The third-order valence-corrected chi connectivity index (χ3v) is 4.78. The van der Waals surface area contributed by atoms with Crippen LogP contribution in [0.3, 0.4) is 0 Å². The van der Waals surface area contributed by atoms with Gasteiger partial charge in [-0.1, -0.05) is 0 Å². The number of benzene rings is 1. The summed E-state index contributed by atoms with van der Waals surface area (Å²) in [5.41, 5.74) is -0.326. The van der Waals surface area contributed by atoms with Gasteiger partial charge in [-0.3, -0.25) is 0 Å². The Bertz CT molecular complexity index is 589. The summed E-state index contributed by atoms with van der Waals surface area (Å²) >= 11 is 2.25. The molecular weight excluding hydrogens is 421 g/mol. The molecule has 24 heavy (non-hydrogen) atoms. The van der Waals surface area contributed by atoms with Gasteiger partial charge in [0.2, 0.25) is 0 Å². The van der Waals surface area contributed by atoms with Crippen LogP contribution >= 0.6 is 22.6 Å². The highest BCUT2D eigenvalue weighted by Crippen LogP contribution is 2.31. The summed E-state index contributed by atoms with van der Waals surface area (Å²) < 4.78 is 11.9. The van der Waals surface area contributed by atoms with Crippen LogP contribution in [0.4, 0.5) is 4.79 Å². The molecule has 1 aliphatic rings. The predicted molar refractivity (Wildman–Crippen MR) is 101 cm³/mol. The summed E-state index contributed by atoms with van der Waals surface area (Å²) in [6.07, 6.45) is 1.27. The maximum Gasteiger partial charge on any atom is 0.410 e. The lowest BCUT2D eigenvalue weighted by atomic mass is 9.85. The van der Waals surface area contributed by atoms with Gasteiger partial charge in [-0.05, 0) is 80.0 Å². The third kappa shape index (κ3) is 5.24. The minimum Gasteiger partial charge on any atom is -0.496 e. The summed E-state index contributed by atoms with van der Waals surface area (Å²) in [6, 6.07) is 5.95. The van der Waals surface area contributed by atoms with E-state index in [1.54, 1.807) is 12.0 Å². The van der Waals surface area contributed by atoms with Crippen molar-refractivity contribution < 1.29 is 19.4 Å². The summed E-state index contributed by atoms with van der Waals surface area (Å²) in [5.74, 6) is 0.790. The van der Waals surface area contributed by atoms with Crippen LogP contribution in [-0.4, -0.2) is 47.5 Å². The maximum atomic E-state index is 12.1. The van der Waals surface area contributed by atoms with E-state index in [4.69, 9.17) is 9.47 Å². The molecule has 0 unspecified atom stereocenters. The lowest BCUT2D eigenvalue weighted by Gasteiger charge is -2.38. The zero-order valence-corrected chi connectivity index (χ0v) is 16.9. The number of nitrogens with zero attached hydrogens (tertiary/aromatic N) is 1. The van der Waals surface area contributed by atoms with E-state index >= 15 is 0 Å². The van der Waals surface area contributed by atoms with Crippen molar-refractivity contribution in [3.63, 3.8) is 0 Å². The molecule has 1 aromatic carbocycles. The largest absolute Gasteiger partial charge is 0.496 e. The van der Waals surface area contributed by atoms with Gasteiger partial charge in [0.05, 0.1) is 12.7 Å². The first-order valence-electron chi connectivity index (χ1n) is 8.15. The second-order valence-corrected chi connectivity index (χ2v) is 8.57. The second kappa shape index (κ2) is 7.47. The quantitative estimate of drug-likeness (QED) is 0.720. The van der Waals surface area contributed by atoms with Crippen molar-refractivity contribution >= 4 is 28.7 Å². The molecule has 0 aliphatic carbocycles. The predicted octanol–water partition coefficient (Wildman–Crippen LogP) is 3.60. The molecule has 1 saturated heterocycles. The fraction of sp³-hybridized carbons (Fsp3) is 0.611. The molecule has 5 nitrogen and oxygen atoms in total. The molecule has 1 N–H and O–H groups in total. The van der Waals surface area contributed by atoms with Crippen molar-refractivity contribution in [2.45, 2.75) is 51.2 Å². The topological polar surface area (TPSA) is 59.0 Å². The molecular formula is C18H26INO4. The van der Waals surface area contributed by atoms with Crippen molar-refractivity contribution in [1.82, 2.24) is 4.90 Å². The second-order valence-electron chi connectivity index (χ2n) is 7.32. The zero-order chi connectivity index (χ0) is 18.0. The van der Waals surface area contributed by atoms with Crippen LogP contribution < -0.4 is 4.74 Å². The van der Waals surface area contributed by atoms with E-state index in [1.165, 1.54) is 0 Å². The highest BCUT2D eigenvalue weighted by molar-refractivity contribution is 14.1. The highest BCUT2D eigenvalue weighted by Gasteiger charge is 2.36. The van der Waals surface area contributed by atoms with Gasteiger partial charge in [0.25, 0.3) is 0 Å². The number of halogens is 1. The maximum absolute atomic E-state index is 12.1. The molecule has 0 aromatic heterocycles. The molecule has 1 fully saturated rings. The van der Waals surface area contributed by atoms with Gasteiger partial charge in [-0.25, -0.2) is 4.79 Å². The fourth-order valence-corrected chi connectivity index (χ4v) is 3.40. The molecule has 0 radical (unpaired) electrons. The average molecular weight is 447 g/mol. The first kappa shape index (κ1) is 19.3. The van der Waals surface area contributed by atoms with Crippen molar-refractivity contribution in [3.05, 3.63) is 27.3 Å². The number of likely N-dealkylation sites (tertiary alicyclic amines) is 1. The molecule has 1 amide bonds. The first-order valence-corrected chi connectivity index (χ1v) is 9.22. The molecule has 134 valence electrons. The van der Waals surface area contributed by atoms with Crippen LogP contribution in [0.2, 0.25) is 0 Å². The Morgan fingerprint density at radius 2 is 1.96 bits per heavy atom. The fourth-order valence-electron chi connectivity index (χ4n) is 2.85. The van der Waals surface area contributed by atoms with Crippen LogP contribution in [0, 0.1) is 3.57 Å². The van der Waals surface area contributed by atoms with E-state index in [9.17, 15) is 9.90 Å². The van der Waals surface area contributed by atoms with Gasteiger partial charge in [-0.2, -0.15) is 0 Å². The van der Waals surface area contributed by atoms with Gasteiger partial charge in [0.15, 0.2) is 0 Å². The molecule has 2 rings (SSSR count). The van der Waals surface area contributed by atoms with Gasteiger partial charge in [-0.15, -0.1) is 0 Å². The number of aliphatic hydroxyl groups is 1. The number of carbonyl (C=O) groups is 1. The number of rotatable bonds is 3. The van der Waals surface area contributed by atoms with Crippen LogP contribution in [0.5, 0.6) is 5.75 Å². The number of hydrogen-bond donors (Lipinski definition) is 1. The normalized spacial score (nSPS) is 17.5. The Labute approximate surface area is 157 Å². The van der Waals surface area contributed by atoms with Crippen LogP contribution in [0.15, 0.2) is 18.2 Å². The average Bonchev–Trinajstić information content (AvgIpc) is 2.46. The van der Waals surface area contributed by atoms with Crippen molar-refractivity contribution in [2.24, 2.45) is 0 Å². The van der Waals surface area contributed by atoms with E-state index in [-0.39, 0.29) is 6.09 Å². The number of carbonyl (C=O) groups excluding carboxylic acids is 1. The van der Waals surface area contributed by atoms with Crippen molar-refractivity contribution in [3.8, 4) is 5.75 Å². The van der Waals surface area contributed by atoms with E-state index in [0.717, 1.165) is 14.9 Å². The molecule has 0 atom stereocenters. The van der Waals surface area contributed by atoms with E-state index in [2.05, 4.69) is 22.6 Å². The van der Waals surface area contributed by atoms with Crippen LogP contribution in [0.1, 0.15) is 39.2 Å². The van der Waals surface area contributed by atoms with E-state index < -0.39 is 11.2 Å². The first-order chi connectivity index (χ1) is 11.1. The summed E-state index contributed by atoms with van der Waals surface area (Å²) in [6.45, 7) is 6.56. The van der Waals surface area contributed by atoms with Gasteiger partial charge >= 0.3 is 6.09 Å². The number of hydrogen-bond acceptors (Lipinski definition) is 4. The summed E-state index contributed by atoms with van der Waals surface area (Å²) in [4.78, 5) is 13.8. The molecule has 6 heteroatoms.